The number of hydrogen-bond donors (Lipinski definition) is 1. The molecule has 126 valence electrons. The van der Waals surface area contributed by atoms with Gasteiger partial charge in [0, 0.05) is 35.3 Å². The summed E-state index contributed by atoms with van der Waals surface area (Å²) < 4.78 is 0. The zero-order valence-electron chi connectivity index (χ0n) is 13.7. The van der Waals surface area contributed by atoms with Gasteiger partial charge in [0.2, 0.25) is 5.91 Å². The Balaban J connectivity index is 2.02. The van der Waals surface area contributed by atoms with Crippen LogP contribution in [0, 0.1) is 0 Å². The van der Waals surface area contributed by atoms with Crippen LogP contribution in [-0.4, -0.2) is 36.1 Å². The number of amides is 2. The summed E-state index contributed by atoms with van der Waals surface area (Å²) in [7, 11) is 3.39. The molecule has 0 aliphatic heterocycles. The number of nitrogens with zero attached hydrogens (tertiary/aromatic N) is 1. The first kappa shape index (κ1) is 18.4. The Bertz CT molecular complexity index is 732. The molecule has 0 fully saturated rings. The molecular formula is C18H19ClN2O2S. The number of halogens is 1. The van der Waals surface area contributed by atoms with Crippen molar-refractivity contribution in [1.82, 2.24) is 4.90 Å². The van der Waals surface area contributed by atoms with E-state index in [-0.39, 0.29) is 17.1 Å². The summed E-state index contributed by atoms with van der Waals surface area (Å²) in [6, 6.07) is 14.3. The molecule has 1 N–H and O–H groups in total. The molecule has 0 heterocycles. The van der Waals surface area contributed by atoms with Crippen molar-refractivity contribution < 1.29 is 9.59 Å². The second-order valence-corrected chi connectivity index (χ2v) is 7.33. The molecule has 0 saturated carbocycles. The van der Waals surface area contributed by atoms with Crippen LogP contribution in [0.15, 0.2) is 53.4 Å². The first-order chi connectivity index (χ1) is 11.4. The van der Waals surface area contributed by atoms with E-state index < -0.39 is 0 Å². The molecule has 1 unspecified atom stereocenters. The third-order valence-electron chi connectivity index (χ3n) is 3.28. The number of anilines is 1. The molecule has 2 amide bonds. The van der Waals surface area contributed by atoms with Gasteiger partial charge in [-0.05, 0) is 49.4 Å². The molecule has 24 heavy (non-hydrogen) atoms. The highest BCUT2D eigenvalue weighted by atomic mass is 35.5. The highest BCUT2D eigenvalue weighted by molar-refractivity contribution is 8.00. The van der Waals surface area contributed by atoms with Gasteiger partial charge in [-0.3, -0.25) is 9.59 Å². The molecule has 4 nitrogen and oxygen atoms in total. The van der Waals surface area contributed by atoms with Crippen LogP contribution >= 0.6 is 23.4 Å². The van der Waals surface area contributed by atoms with Crippen LogP contribution in [0.3, 0.4) is 0 Å². The predicted molar refractivity (Wildman–Crippen MR) is 99.9 cm³/mol. The van der Waals surface area contributed by atoms with Crippen LogP contribution in [0.1, 0.15) is 17.3 Å². The molecule has 0 radical (unpaired) electrons. The molecule has 0 bridgehead atoms. The summed E-state index contributed by atoms with van der Waals surface area (Å²) in [5.74, 6) is -0.223. The van der Waals surface area contributed by atoms with E-state index in [1.807, 2.05) is 19.1 Å². The van der Waals surface area contributed by atoms with Gasteiger partial charge in [-0.2, -0.15) is 0 Å². The summed E-state index contributed by atoms with van der Waals surface area (Å²) >= 11 is 7.31. The van der Waals surface area contributed by atoms with Crippen molar-refractivity contribution in [3.05, 3.63) is 59.1 Å². The van der Waals surface area contributed by atoms with E-state index in [9.17, 15) is 9.59 Å². The highest BCUT2D eigenvalue weighted by Gasteiger charge is 2.15. The van der Waals surface area contributed by atoms with E-state index in [4.69, 9.17) is 11.6 Å². The van der Waals surface area contributed by atoms with Crippen molar-refractivity contribution in [1.29, 1.82) is 0 Å². The summed E-state index contributed by atoms with van der Waals surface area (Å²) in [6.45, 7) is 1.84. The lowest BCUT2D eigenvalue weighted by Crippen LogP contribution is -2.24. The van der Waals surface area contributed by atoms with Gasteiger partial charge in [-0.1, -0.05) is 17.7 Å². The maximum Gasteiger partial charge on any atom is 0.253 e. The van der Waals surface area contributed by atoms with E-state index in [2.05, 4.69) is 5.32 Å². The van der Waals surface area contributed by atoms with E-state index in [1.54, 1.807) is 50.5 Å². The minimum atomic E-state index is -0.278. The zero-order valence-corrected chi connectivity index (χ0v) is 15.3. The standard InChI is InChI=1S/C18H19ClN2O2S/c1-12(24-16-9-7-14(19)8-10-16)17(22)20-15-6-4-5-13(11-15)18(23)21(2)3/h4-12H,1-3H3,(H,20,22). The summed E-state index contributed by atoms with van der Waals surface area (Å²) in [5, 5.41) is 3.24. The maximum atomic E-state index is 12.3. The van der Waals surface area contributed by atoms with Crippen LogP contribution in [0.4, 0.5) is 5.69 Å². The summed E-state index contributed by atoms with van der Waals surface area (Å²) in [6.07, 6.45) is 0. The van der Waals surface area contributed by atoms with Crippen molar-refractivity contribution >= 4 is 40.9 Å². The predicted octanol–water partition coefficient (Wildman–Crippen LogP) is 4.16. The van der Waals surface area contributed by atoms with Gasteiger partial charge < -0.3 is 10.2 Å². The minimum absolute atomic E-state index is 0.102. The normalized spacial score (nSPS) is 11.7. The Labute approximate surface area is 151 Å². The fourth-order valence-electron chi connectivity index (χ4n) is 2.00. The number of benzene rings is 2. The van der Waals surface area contributed by atoms with Crippen molar-refractivity contribution in [2.45, 2.75) is 17.1 Å². The first-order valence-electron chi connectivity index (χ1n) is 7.41. The SMILES string of the molecule is CC(Sc1ccc(Cl)cc1)C(=O)Nc1cccc(C(=O)N(C)C)c1. The fourth-order valence-corrected chi connectivity index (χ4v) is 3.00. The van der Waals surface area contributed by atoms with Crippen molar-refractivity contribution in [2.24, 2.45) is 0 Å². The van der Waals surface area contributed by atoms with Gasteiger partial charge in [0.15, 0.2) is 0 Å². The summed E-state index contributed by atoms with van der Waals surface area (Å²) in [5.41, 5.74) is 1.15. The van der Waals surface area contributed by atoms with Crippen LogP contribution in [0.25, 0.3) is 0 Å². The third kappa shape index (κ3) is 5.01. The largest absolute Gasteiger partial charge is 0.345 e. The molecule has 2 rings (SSSR count). The monoisotopic (exact) mass is 362 g/mol. The summed E-state index contributed by atoms with van der Waals surface area (Å²) in [4.78, 5) is 26.8. The van der Waals surface area contributed by atoms with Crippen molar-refractivity contribution in [3.8, 4) is 0 Å². The Kier molecular flexibility index (Phi) is 6.29. The second-order valence-electron chi connectivity index (χ2n) is 5.48. The molecule has 0 aliphatic rings. The lowest BCUT2D eigenvalue weighted by atomic mass is 10.2. The smallest absolute Gasteiger partial charge is 0.253 e. The number of hydrogen-bond acceptors (Lipinski definition) is 3. The van der Waals surface area contributed by atoms with Gasteiger partial charge in [0.1, 0.15) is 0 Å². The van der Waals surface area contributed by atoms with Crippen molar-refractivity contribution in [3.63, 3.8) is 0 Å². The Morgan fingerprint density at radius 2 is 1.79 bits per heavy atom. The van der Waals surface area contributed by atoms with Gasteiger partial charge in [-0.25, -0.2) is 0 Å². The fraction of sp³-hybridized carbons (Fsp3) is 0.222. The number of nitrogens with one attached hydrogen (secondary N) is 1. The van der Waals surface area contributed by atoms with E-state index in [1.165, 1.54) is 16.7 Å². The second kappa shape index (κ2) is 8.22. The third-order valence-corrected chi connectivity index (χ3v) is 4.64. The topological polar surface area (TPSA) is 49.4 Å². The number of carbonyl (C=O) groups excluding carboxylic acids is 2. The lowest BCUT2D eigenvalue weighted by molar-refractivity contribution is -0.115. The molecular weight excluding hydrogens is 344 g/mol. The number of thioether (sulfide) groups is 1. The maximum absolute atomic E-state index is 12.3. The Morgan fingerprint density at radius 3 is 2.42 bits per heavy atom. The average Bonchev–Trinajstić information content (AvgIpc) is 2.56. The molecule has 2 aromatic rings. The molecule has 0 saturated heterocycles. The molecule has 0 spiro atoms. The van der Waals surface area contributed by atoms with E-state index >= 15 is 0 Å². The van der Waals surface area contributed by atoms with Crippen molar-refractivity contribution in [2.75, 3.05) is 19.4 Å². The van der Waals surface area contributed by atoms with Gasteiger partial charge in [0.05, 0.1) is 5.25 Å². The Hall–Kier alpha value is -1.98. The van der Waals surface area contributed by atoms with Gasteiger partial charge in [-0.15, -0.1) is 11.8 Å². The van der Waals surface area contributed by atoms with E-state index in [0.717, 1.165) is 4.90 Å². The van der Waals surface area contributed by atoms with Crippen LogP contribution in [-0.2, 0) is 4.79 Å². The molecule has 0 aromatic heterocycles. The molecule has 2 aromatic carbocycles. The quantitative estimate of drug-likeness (QED) is 0.812. The Morgan fingerprint density at radius 1 is 1.12 bits per heavy atom. The number of carbonyl (C=O) groups is 2. The van der Waals surface area contributed by atoms with E-state index in [0.29, 0.717) is 16.3 Å². The van der Waals surface area contributed by atoms with Crippen LogP contribution < -0.4 is 5.32 Å². The van der Waals surface area contributed by atoms with Crippen LogP contribution in [0.5, 0.6) is 0 Å². The molecule has 0 aliphatic carbocycles. The number of rotatable bonds is 5. The zero-order chi connectivity index (χ0) is 17.7. The lowest BCUT2D eigenvalue weighted by Gasteiger charge is -2.14. The van der Waals surface area contributed by atoms with Crippen LogP contribution in [0.2, 0.25) is 5.02 Å². The minimum Gasteiger partial charge on any atom is -0.345 e. The molecule has 6 heteroatoms. The van der Waals surface area contributed by atoms with Gasteiger partial charge >= 0.3 is 0 Å². The highest BCUT2D eigenvalue weighted by Crippen LogP contribution is 2.25. The first-order valence-corrected chi connectivity index (χ1v) is 8.67. The van der Waals surface area contributed by atoms with Gasteiger partial charge in [0.25, 0.3) is 5.91 Å². The molecule has 1 atom stereocenters. The average molecular weight is 363 g/mol.